The van der Waals surface area contributed by atoms with E-state index in [0.29, 0.717) is 15.5 Å². The highest BCUT2D eigenvalue weighted by Gasteiger charge is 2.44. The van der Waals surface area contributed by atoms with Gasteiger partial charge in [0.2, 0.25) is 0 Å². The molecule has 1 aliphatic rings. The summed E-state index contributed by atoms with van der Waals surface area (Å²) in [5, 5.41) is 4.86. The van der Waals surface area contributed by atoms with Crippen LogP contribution < -0.4 is 5.32 Å². The van der Waals surface area contributed by atoms with Gasteiger partial charge < -0.3 is 5.32 Å². The zero-order chi connectivity index (χ0) is 13.3. The van der Waals surface area contributed by atoms with Crippen LogP contribution in [0.1, 0.15) is 31.5 Å². The van der Waals surface area contributed by atoms with Crippen molar-refractivity contribution in [2.24, 2.45) is 11.3 Å². The van der Waals surface area contributed by atoms with Crippen molar-refractivity contribution in [2.75, 3.05) is 13.1 Å². The van der Waals surface area contributed by atoms with Gasteiger partial charge in [-0.1, -0.05) is 37.0 Å². The lowest BCUT2D eigenvalue weighted by Crippen LogP contribution is -2.21. The van der Waals surface area contributed by atoms with E-state index < -0.39 is 0 Å². The van der Waals surface area contributed by atoms with Gasteiger partial charge in [0, 0.05) is 6.20 Å². The molecule has 0 aliphatic heterocycles. The van der Waals surface area contributed by atoms with Crippen molar-refractivity contribution < 1.29 is 0 Å². The van der Waals surface area contributed by atoms with Crippen molar-refractivity contribution in [3.8, 4) is 0 Å². The number of nitrogens with zero attached hydrogens (tertiary/aromatic N) is 1. The van der Waals surface area contributed by atoms with Crippen molar-refractivity contribution in [2.45, 2.75) is 33.6 Å². The van der Waals surface area contributed by atoms with Crippen LogP contribution >= 0.6 is 23.2 Å². The van der Waals surface area contributed by atoms with E-state index in [9.17, 15) is 0 Å². The van der Waals surface area contributed by atoms with Gasteiger partial charge >= 0.3 is 0 Å². The molecule has 0 radical (unpaired) electrons. The molecule has 0 amide bonds. The Labute approximate surface area is 119 Å². The molecular weight excluding hydrogens is 267 g/mol. The number of hydrogen-bond acceptors (Lipinski definition) is 2. The van der Waals surface area contributed by atoms with Crippen molar-refractivity contribution in [3.05, 3.63) is 27.5 Å². The van der Waals surface area contributed by atoms with Crippen LogP contribution in [-0.4, -0.2) is 18.1 Å². The lowest BCUT2D eigenvalue weighted by atomic mass is 10.1. The molecule has 1 aromatic heterocycles. The molecule has 1 saturated carbocycles. The normalized spacial score (nSPS) is 21.1. The Hall–Kier alpha value is -0.310. The maximum absolute atomic E-state index is 6.22. The first-order chi connectivity index (χ1) is 8.42. The number of aryl methyl sites for hydroxylation is 1. The predicted octanol–water partition coefficient (Wildman–Crippen LogP) is 3.88. The molecule has 100 valence electrons. The van der Waals surface area contributed by atoms with Crippen LogP contribution in [0.2, 0.25) is 10.0 Å². The minimum absolute atomic E-state index is 0.537. The van der Waals surface area contributed by atoms with E-state index >= 15 is 0 Å². The molecule has 1 atom stereocenters. The van der Waals surface area contributed by atoms with E-state index in [0.717, 1.165) is 36.7 Å². The Bertz CT molecular complexity index is 444. The van der Waals surface area contributed by atoms with Crippen LogP contribution in [0, 0.1) is 18.3 Å². The zero-order valence-electron chi connectivity index (χ0n) is 11.2. The predicted molar refractivity (Wildman–Crippen MR) is 77.5 cm³/mol. The fourth-order valence-corrected chi connectivity index (χ4v) is 2.79. The molecular formula is C14H20Cl2N2. The average Bonchev–Trinajstić information content (AvgIpc) is 2.91. The number of halogens is 2. The van der Waals surface area contributed by atoms with Crippen LogP contribution in [0.5, 0.6) is 0 Å². The average molecular weight is 287 g/mol. The molecule has 0 spiro atoms. The van der Waals surface area contributed by atoms with Gasteiger partial charge in [0.15, 0.2) is 0 Å². The molecule has 1 N–H and O–H groups in total. The highest BCUT2D eigenvalue weighted by molar-refractivity contribution is 6.36. The fraction of sp³-hybridized carbons (Fsp3) is 0.643. The molecule has 18 heavy (non-hydrogen) atoms. The van der Waals surface area contributed by atoms with Gasteiger partial charge in [-0.05, 0) is 49.8 Å². The summed E-state index contributed by atoms with van der Waals surface area (Å²) in [6.07, 6.45) is 3.87. The summed E-state index contributed by atoms with van der Waals surface area (Å²) < 4.78 is 0. The topological polar surface area (TPSA) is 24.9 Å². The Balaban J connectivity index is 1.82. The Morgan fingerprint density at radius 2 is 2.11 bits per heavy atom. The standard InChI is InChI=1S/C14H20Cl2N2/c1-9-13(16)11(12(15)8-18-9)4-5-17-7-10-6-14(10,2)3/h8,10,17H,4-7H2,1-3H3. The number of nitrogens with one attached hydrogen (secondary N) is 1. The van der Waals surface area contributed by atoms with Gasteiger partial charge in [-0.3, -0.25) is 4.98 Å². The Morgan fingerprint density at radius 1 is 1.44 bits per heavy atom. The molecule has 4 heteroatoms. The maximum Gasteiger partial charge on any atom is 0.0665 e. The summed E-state index contributed by atoms with van der Waals surface area (Å²) in [7, 11) is 0. The molecule has 1 unspecified atom stereocenters. The highest BCUT2D eigenvalue weighted by Crippen LogP contribution is 2.50. The van der Waals surface area contributed by atoms with Gasteiger partial charge in [0.25, 0.3) is 0 Å². The Kier molecular flexibility index (Phi) is 4.20. The third kappa shape index (κ3) is 3.17. The minimum atomic E-state index is 0.537. The zero-order valence-corrected chi connectivity index (χ0v) is 12.7. The second-order valence-electron chi connectivity index (χ2n) is 5.83. The lowest BCUT2D eigenvalue weighted by Gasteiger charge is -2.10. The first-order valence-corrected chi connectivity index (χ1v) is 7.17. The van der Waals surface area contributed by atoms with Gasteiger partial charge in [0.05, 0.1) is 15.7 Å². The van der Waals surface area contributed by atoms with Crippen molar-refractivity contribution >= 4 is 23.2 Å². The maximum atomic E-state index is 6.22. The van der Waals surface area contributed by atoms with Gasteiger partial charge in [0.1, 0.15) is 0 Å². The molecule has 0 bridgehead atoms. The molecule has 2 rings (SSSR count). The summed E-state index contributed by atoms with van der Waals surface area (Å²) in [5.74, 6) is 0.822. The Morgan fingerprint density at radius 3 is 2.72 bits per heavy atom. The summed E-state index contributed by atoms with van der Waals surface area (Å²) in [6.45, 7) is 8.54. The number of pyridine rings is 1. The smallest absolute Gasteiger partial charge is 0.0665 e. The first kappa shape index (κ1) is 14.1. The summed E-state index contributed by atoms with van der Waals surface area (Å²) >= 11 is 12.3. The second kappa shape index (κ2) is 5.36. The molecule has 1 aromatic rings. The van der Waals surface area contributed by atoms with E-state index in [1.807, 2.05) is 6.92 Å². The summed E-state index contributed by atoms with van der Waals surface area (Å²) in [5.41, 5.74) is 2.39. The van der Waals surface area contributed by atoms with Gasteiger partial charge in [-0.25, -0.2) is 0 Å². The van der Waals surface area contributed by atoms with Crippen molar-refractivity contribution in [1.29, 1.82) is 0 Å². The van der Waals surface area contributed by atoms with Gasteiger partial charge in [-0.15, -0.1) is 0 Å². The van der Waals surface area contributed by atoms with E-state index in [2.05, 4.69) is 24.1 Å². The van der Waals surface area contributed by atoms with Crippen LogP contribution in [0.3, 0.4) is 0 Å². The largest absolute Gasteiger partial charge is 0.316 e. The van der Waals surface area contributed by atoms with E-state index in [1.165, 1.54) is 6.42 Å². The third-order valence-electron chi connectivity index (χ3n) is 3.90. The third-order valence-corrected chi connectivity index (χ3v) is 4.73. The number of aromatic nitrogens is 1. The SMILES string of the molecule is Cc1ncc(Cl)c(CCNCC2CC2(C)C)c1Cl. The molecule has 0 saturated heterocycles. The molecule has 1 heterocycles. The van der Waals surface area contributed by atoms with E-state index in [-0.39, 0.29) is 0 Å². The van der Waals surface area contributed by atoms with Crippen molar-refractivity contribution in [3.63, 3.8) is 0 Å². The van der Waals surface area contributed by atoms with Crippen molar-refractivity contribution in [1.82, 2.24) is 10.3 Å². The fourth-order valence-electron chi connectivity index (χ4n) is 2.25. The van der Waals surface area contributed by atoms with Crippen LogP contribution in [-0.2, 0) is 6.42 Å². The van der Waals surface area contributed by atoms with E-state index in [4.69, 9.17) is 23.2 Å². The number of hydrogen-bond donors (Lipinski definition) is 1. The molecule has 1 fully saturated rings. The van der Waals surface area contributed by atoms with Crippen LogP contribution in [0.15, 0.2) is 6.20 Å². The summed E-state index contributed by atoms with van der Waals surface area (Å²) in [4.78, 5) is 4.14. The molecule has 1 aliphatic carbocycles. The molecule has 2 nitrogen and oxygen atoms in total. The number of rotatable bonds is 5. The highest BCUT2D eigenvalue weighted by atomic mass is 35.5. The minimum Gasteiger partial charge on any atom is -0.316 e. The summed E-state index contributed by atoms with van der Waals surface area (Å²) in [6, 6.07) is 0. The van der Waals surface area contributed by atoms with Gasteiger partial charge in [-0.2, -0.15) is 0 Å². The lowest BCUT2D eigenvalue weighted by molar-refractivity contribution is 0.521. The quantitative estimate of drug-likeness (QED) is 0.831. The van der Waals surface area contributed by atoms with E-state index in [1.54, 1.807) is 6.20 Å². The van der Waals surface area contributed by atoms with Crippen LogP contribution in [0.25, 0.3) is 0 Å². The molecule has 0 aromatic carbocycles. The second-order valence-corrected chi connectivity index (χ2v) is 6.61. The monoisotopic (exact) mass is 286 g/mol. The first-order valence-electron chi connectivity index (χ1n) is 6.42. The van der Waals surface area contributed by atoms with Crippen LogP contribution in [0.4, 0.5) is 0 Å².